The summed E-state index contributed by atoms with van der Waals surface area (Å²) < 4.78 is 1.92. The third-order valence-corrected chi connectivity index (χ3v) is 2.93. The summed E-state index contributed by atoms with van der Waals surface area (Å²) >= 11 is 6.05. The molecule has 2 N–H and O–H groups in total. The maximum absolute atomic E-state index is 6.05. The van der Waals surface area contributed by atoms with Gasteiger partial charge in [-0.25, -0.2) is 4.68 Å². The van der Waals surface area contributed by atoms with Crippen molar-refractivity contribution in [2.75, 3.05) is 6.54 Å². The molecule has 0 unspecified atom stereocenters. The van der Waals surface area contributed by atoms with Gasteiger partial charge in [0.15, 0.2) is 0 Å². The first-order valence-electron chi connectivity index (χ1n) is 5.64. The second-order valence-electron chi connectivity index (χ2n) is 4.15. The maximum Gasteiger partial charge on any atom is 0.0696 e. The van der Waals surface area contributed by atoms with E-state index in [9.17, 15) is 0 Å². The van der Waals surface area contributed by atoms with Gasteiger partial charge in [-0.15, -0.1) is 0 Å². The Morgan fingerprint density at radius 2 is 2.06 bits per heavy atom. The lowest BCUT2D eigenvalue weighted by atomic mass is 10.1. The van der Waals surface area contributed by atoms with Crippen LogP contribution >= 0.6 is 11.6 Å². The first-order valence-corrected chi connectivity index (χ1v) is 6.01. The highest BCUT2D eigenvalue weighted by Gasteiger charge is 2.09. The molecule has 0 aliphatic carbocycles. The lowest BCUT2D eigenvalue weighted by Gasteiger charge is -2.11. The molecule has 2 rings (SSSR count). The second-order valence-corrected chi connectivity index (χ2v) is 4.59. The fraction of sp³-hybridized carbons (Fsp3) is 0.308. The summed E-state index contributed by atoms with van der Waals surface area (Å²) in [7, 11) is 0. The van der Waals surface area contributed by atoms with Crippen LogP contribution in [0.25, 0.3) is 5.69 Å². The van der Waals surface area contributed by atoms with E-state index in [2.05, 4.69) is 5.10 Å². The van der Waals surface area contributed by atoms with Gasteiger partial charge >= 0.3 is 0 Å². The first kappa shape index (κ1) is 12.1. The Balaban J connectivity index is 2.56. The summed E-state index contributed by atoms with van der Waals surface area (Å²) in [6, 6.07) is 7.89. The van der Waals surface area contributed by atoms with Crippen molar-refractivity contribution in [3.05, 3.63) is 46.2 Å². The molecule has 3 nitrogen and oxygen atoms in total. The third-order valence-electron chi connectivity index (χ3n) is 2.70. The first-order chi connectivity index (χ1) is 8.11. The average Bonchev–Trinajstić information content (AvgIpc) is 2.61. The number of hydrogen-bond acceptors (Lipinski definition) is 2. The normalized spacial score (nSPS) is 10.8. The number of nitrogens with zero attached hydrogens (tertiary/aromatic N) is 2. The van der Waals surface area contributed by atoms with Gasteiger partial charge in [-0.3, -0.25) is 0 Å². The molecule has 0 atom stereocenters. The molecule has 90 valence electrons. The van der Waals surface area contributed by atoms with Gasteiger partial charge in [-0.05, 0) is 50.6 Å². The van der Waals surface area contributed by atoms with Gasteiger partial charge in [-0.2, -0.15) is 5.10 Å². The summed E-state index contributed by atoms with van der Waals surface area (Å²) in [5.74, 6) is 0. The molecule has 4 heteroatoms. The molecule has 0 saturated carbocycles. The van der Waals surface area contributed by atoms with Crippen LogP contribution in [0.15, 0.2) is 24.3 Å². The molecule has 0 spiro atoms. The predicted octanol–water partition coefficient (Wildman–Crippen LogP) is 2.64. The molecule has 0 amide bonds. The Morgan fingerprint density at radius 1 is 1.29 bits per heavy atom. The minimum atomic E-state index is 0.619. The van der Waals surface area contributed by atoms with Crippen LogP contribution in [-0.4, -0.2) is 16.3 Å². The van der Waals surface area contributed by atoms with Crippen LogP contribution in [0.4, 0.5) is 0 Å². The van der Waals surface area contributed by atoms with Gasteiger partial charge in [0.1, 0.15) is 0 Å². The monoisotopic (exact) mass is 249 g/mol. The zero-order valence-electron chi connectivity index (χ0n) is 10.1. The van der Waals surface area contributed by atoms with Crippen LogP contribution in [0.5, 0.6) is 0 Å². The molecule has 2 aromatic rings. The number of aryl methyl sites for hydroxylation is 2. The molecule has 0 radical (unpaired) electrons. The summed E-state index contributed by atoms with van der Waals surface area (Å²) in [5.41, 5.74) is 9.92. The van der Waals surface area contributed by atoms with Gasteiger partial charge in [0.25, 0.3) is 0 Å². The van der Waals surface area contributed by atoms with Crippen LogP contribution in [0.2, 0.25) is 5.02 Å². The van der Waals surface area contributed by atoms with Crippen LogP contribution in [0.3, 0.4) is 0 Å². The molecule has 1 heterocycles. The minimum absolute atomic E-state index is 0.619. The van der Waals surface area contributed by atoms with Gasteiger partial charge in [0.2, 0.25) is 0 Å². The Morgan fingerprint density at radius 3 is 2.65 bits per heavy atom. The van der Waals surface area contributed by atoms with E-state index in [1.54, 1.807) is 0 Å². The number of aromatic nitrogens is 2. The van der Waals surface area contributed by atoms with Crippen molar-refractivity contribution in [2.45, 2.75) is 20.3 Å². The minimum Gasteiger partial charge on any atom is -0.330 e. The van der Waals surface area contributed by atoms with Gasteiger partial charge in [-0.1, -0.05) is 17.7 Å². The van der Waals surface area contributed by atoms with E-state index in [0.717, 1.165) is 23.5 Å². The molecular formula is C13H16ClN3. The lowest BCUT2D eigenvalue weighted by molar-refractivity contribution is 0.813. The topological polar surface area (TPSA) is 43.8 Å². The highest BCUT2D eigenvalue weighted by molar-refractivity contribution is 6.30. The van der Waals surface area contributed by atoms with Gasteiger partial charge in [0.05, 0.1) is 11.4 Å². The largest absolute Gasteiger partial charge is 0.330 e. The molecule has 0 fully saturated rings. The van der Waals surface area contributed by atoms with Crippen LogP contribution in [0, 0.1) is 13.8 Å². The van der Waals surface area contributed by atoms with Crippen molar-refractivity contribution in [3.63, 3.8) is 0 Å². The fourth-order valence-electron chi connectivity index (χ4n) is 1.97. The van der Waals surface area contributed by atoms with Crippen molar-refractivity contribution < 1.29 is 0 Å². The summed E-state index contributed by atoms with van der Waals surface area (Å²) in [5, 5.41) is 5.20. The summed E-state index contributed by atoms with van der Waals surface area (Å²) in [4.78, 5) is 0. The standard InChI is InChI=1S/C13H16ClN3/c1-9-7-10(2)17(16-9)13-8-12(14)4-3-11(13)5-6-15/h3-4,7-8H,5-6,15H2,1-2H3. The van der Waals surface area contributed by atoms with Crippen LogP contribution in [0.1, 0.15) is 17.0 Å². The molecule has 17 heavy (non-hydrogen) atoms. The predicted molar refractivity (Wildman–Crippen MR) is 70.8 cm³/mol. The highest BCUT2D eigenvalue weighted by atomic mass is 35.5. The SMILES string of the molecule is Cc1cc(C)n(-c2cc(Cl)ccc2CCN)n1. The van der Waals surface area contributed by atoms with Gasteiger partial charge < -0.3 is 5.73 Å². The van der Waals surface area contributed by atoms with E-state index in [0.29, 0.717) is 11.6 Å². The summed E-state index contributed by atoms with van der Waals surface area (Å²) in [6.45, 7) is 4.64. The van der Waals surface area contributed by atoms with E-state index in [4.69, 9.17) is 17.3 Å². The van der Waals surface area contributed by atoms with E-state index in [-0.39, 0.29) is 0 Å². The Bertz CT molecular complexity index is 531. The van der Waals surface area contributed by atoms with E-state index in [1.165, 1.54) is 5.56 Å². The van der Waals surface area contributed by atoms with E-state index >= 15 is 0 Å². The number of benzene rings is 1. The van der Waals surface area contributed by atoms with Gasteiger partial charge in [0, 0.05) is 10.7 Å². The van der Waals surface area contributed by atoms with E-state index in [1.807, 2.05) is 42.8 Å². The quantitative estimate of drug-likeness (QED) is 0.909. The molecule has 1 aromatic heterocycles. The van der Waals surface area contributed by atoms with Crippen molar-refractivity contribution in [1.29, 1.82) is 0 Å². The highest BCUT2D eigenvalue weighted by Crippen LogP contribution is 2.21. The molecule has 1 aromatic carbocycles. The molecule has 0 aliphatic rings. The Kier molecular flexibility index (Phi) is 3.50. The van der Waals surface area contributed by atoms with E-state index < -0.39 is 0 Å². The fourth-order valence-corrected chi connectivity index (χ4v) is 2.14. The number of hydrogen-bond donors (Lipinski definition) is 1. The number of halogens is 1. The lowest BCUT2D eigenvalue weighted by Crippen LogP contribution is -2.08. The maximum atomic E-state index is 6.05. The van der Waals surface area contributed by atoms with Crippen LogP contribution in [-0.2, 0) is 6.42 Å². The summed E-state index contributed by atoms with van der Waals surface area (Å²) in [6.07, 6.45) is 0.824. The smallest absolute Gasteiger partial charge is 0.0696 e. The number of rotatable bonds is 3. The second kappa shape index (κ2) is 4.90. The van der Waals surface area contributed by atoms with Crippen molar-refractivity contribution in [2.24, 2.45) is 5.73 Å². The molecule has 0 aliphatic heterocycles. The van der Waals surface area contributed by atoms with Crippen molar-refractivity contribution >= 4 is 11.6 Å². The average molecular weight is 250 g/mol. The molecule has 0 saturated heterocycles. The Labute approximate surface area is 106 Å². The molecular weight excluding hydrogens is 234 g/mol. The van der Waals surface area contributed by atoms with Crippen molar-refractivity contribution in [1.82, 2.24) is 9.78 Å². The van der Waals surface area contributed by atoms with Crippen LogP contribution < -0.4 is 5.73 Å². The number of nitrogens with two attached hydrogens (primary N) is 1. The zero-order valence-corrected chi connectivity index (χ0v) is 10.8. The van der Waals surface area contributed by atoms with Crippen molar-refractivity contribution in [3.8, 4) is 5.69 Å². The third kappa shape index (κ3) is 2.51. The Hall–Kier alpha value is -1.32. The molecule has 0 bridgehead atoms. The zero-order chi connectivity index (χ0) is 12.4.